The maximum Gasteiger partial charge on any atom is 0.332 e. The van der Waals surface area contributed by atoms with Gasteiger partial charge in [0.25, 0.3) is 0 Å². The standard InChI is InChI=1S/C15H19NO5/c1-20-11-5-3-2-4-10(11)8-9-16-14(17)12-6-7-13(21-12)15(18)19/h2-5,12-13H,6-9H2,1H3,(H,16,17)(H,18,19)/t12-,13+/m0/s1. The van der Waals surface area contributed by atoms with Gasteiger partial charge in [0.1, 0.15) is 11.9 Å². The third kappa shape index (κ3) is 3.95. The van der Waals surface area contributed by atoms with E-state index in [1.165, 1.54) is 0 Å². The molecule has 1 aliphatic rings. The fraction of sp³-hybridized carbons (Fsp3) is 0.467. The Labute approximate surface area is 123 Å². The highest BCUT2D eigenvalue weighted by molar-refractivity contribution is 5.82. The van der Waals surface area contributed by atoms with Gasteiger partial charge in [-0.1, -0.05) is 18.2 Å². The number of carboxylic acid groups (broad SMARTS) is 1. The summed E-state index contributed by atoms with van der Waals surface area (Å²) in [5.74, 6) is -0.484. The molecule has 1 aromatic carbocycles. The molecular formula is C15H19NO5. The molecule has 0 saturated carbocycles. The number of carbonyl (C=O) groups excluding carboxylic acids is 1. The molecule has 0 radical (unpaired) electrons. The highest BCUT2D eigenvalue weighted by atomic mass is 16.5. The molecule has 2 atom stereocenters. The zero-order valence-electron chi connectivity index (χ0n) is 11.9. The Kier molecular flexibility index (Phi) is 5.16. The Bertz CT molecular complexity index is 517. The summed E-state index contributed by atoms with van der Waals surface area (Å²) >= 11 is 0. The van der Waals surface area contributed by atoms with Crippen molar-refractivity contribution in [2.24, 2.45) is 0 Å². The van der Waals surface area contributed by atoms with Crippen LogP contribution in [0.5, 0.6) is 5.75 Å². The number of aliphatic carboxylic acids is 1. The molecule has 1 amide bonds. The highest BCUT2D eigenvalue weighted by Crippen LogP contribution is 2.20. The lowest BCUT2D eigenvalue weighted by atomic mass is 10.1. The lowest BCUT2D eigenvalue weighted by Gasteiger charge is -2.12. The van der Waals surface area contributed by atoms with Gasteiger partial charge in [0, 0.05) is 6.54 Å². The Hall–Kier alpha value is -2.08. The van der Waals surface area contributed by atoms with Crippen molar-refractivity contribution in [1.29, 1.82) is 0 Å². The van der Waals surface area contributed by atoms with Crippen molar-refractivity contribution in [3.8, 4) is 5.75 Å². The van der Waals surface area contributed by atoms with Gasteiger partial charge >= 0.3 is 5.97 Å². The molecule has 1 fully saturated rings. The average molecular weight is 293 g/mol. The quantitative estimate of drug-likeness (QED) is 0.817. The van der Waals surface area contributed by atoms with Crippen molar-refractivity contribution in [2.75, 3.05) is 13.7 Å². The molecule has 1 heterocycles. The minimum absolute atomic E-state index is 0.256. The number of nitrogens with one attached hydrogen (secondary N) is 1. The van der Waals surface area contributed by atoms with Crippen LogP contribution in [0, 0.1) is 0 Å². The van der Waals surface area contributed by atoms with E-state index in [1.807, 2.05) is 24.3 Å². The van der Waals surface area contributed by atoms with E-state index in [0.29, 0.717) is 25.8 Å². The van der Waals surface area contributed by atoms with Crippen LogP contribution in [0.4, 0.5) is 0 Å². The number of ether oxygens (including phenoxy) is 2. The van der Waals surface area contributed by atoms with Crippen molar-refractivity contribution in [1.82, 2.24) is 5.32 Å². The third-order valence-corrected chi connectivity index (χ3v) is 3.47. The van der Waals surface area contributed by atoms with Crippen molar-refractivity contribution < 1.29 is 24.2 Å². The van der Waals surface area contributed by atoms with Gasteiger partial charge in [-0.2, -0.15) is 0 Å². The summed E-state index contributed by atoms with van der Waals surface area (Å²) in [5.41, 5.74) is 1.01. The molecule has 1 aromatic rings. The number of carbonyl (C=O) groups is 2. The van der Waals surface area contributed by atoms with Crippen molar-refractivity contribution in [2.45, 2.75) is 31.5 Å². The summed E-state index contributed by atoms with van der Waals surface area (Å²) < 4.78 is 10.4. The molecule has 1 saturated heterocycles. The highest BCUT2D eigenvalue weighted by Gasteiger charge is 2.34. The Morgan fingerprint density at radius 1 is 1.33 bits per heavy atom. The van der Waals surface area contributed by atoms with Crippen LogP contribution in [0.3, 0.4) is 0 Å². The second-order valence-electron chi connectivity index (χ2n) is 4.88. The molecule has 0 bridgehead atoms. The van der Waals surface area contributed by atoms with E-state index in [2.05, 4.69) is 5.32 Å². The minimum Gasteiger partial charge on any atom is -0.496 e. The Morgan fingerprint density at radius 3 is 2.71 bits per heavy atom. The van der Waals surface area contributed by atoms with Crippen LogP contribution in [0.1, 0.15) is 18.4 Å². The predicted octanol–water partition coefficient (Wildman–Crippen LogP) is 0.986. The van der Waals surface area contributed by atoms with Crippen LogP contribution in [-0.2, 0) is 20.7 Å². The molecule has 0 aliphatic carbocycles. The Balaban J connectivity index is 1.78. The molecule has 0 spiro atoms. The maximum absolute atomic E-state index is 11.9. The molecule has 21 heavy (non-hydrogen) atoms. The number of carboxylic acids is 1. The van der Waals surface area contributed by atoms with E-state index in [-0.39, 0.29) is 5.91 Å². The molecule has 2 rings (SSSR count). The first kappa shape index (κ1) is 15.3. The number of amides is 1. The first-order valence-corrected chi connectivity index (χ1v) is 6.89. The lowest BCUT2D eigenvalue weighted by molar-refractivity contribution is -0.151. The number of hydrogen-bond acceptors (Lipinski definition) is 4. The molecule has 6 nitrogen and oxygen atoms in total. The van der Waals surface area contributed by atoms with Gasteiger partial charge in [0.05, 0.1) is 7.11 Å². The van der Waals surface area contributed by atoms with E-state index >= 15 is 0 Å². The second-order valence-corrected chi connectivity index (χ2v) is 4.88. The fourth-order valence-electron chi connectivity index (χ4n) is 2.36. The summed E-state index contributed by atoms with van der Waals surface area (Å²) in [6.45, 7) is 0.455. The number of para-hydroxylation sites is 1. The average Bonchev–Trinajstić information content (AvgIpc) is 2.98. The van der Waals surface area contributed by atoms with Crippen molar-refractivity contribution in [3.05, 3.63) is 29.8 Å². The molecule has 6 heteroatoms. The number of rotatable bonds is 6. The zero-order valence-corrected chi connectivity index (χ0v) is 11.9. The first-order chi connectivity index (χ1) is 10.1. The van der Waals surface area contributed by atoms with Gasteiger partial charge in [-0.3, -0.25) is 4.79 Å². The minimum atomic E-state index is -1.01. The summed E-state index contributed by atoms with van der Waals surface area (Å²) in [7, 11) is 1.61. The van der Waals surface area contributed by atoms with Crippen molar-refractivity contribution >= 4 is 11.9 Å². The van der Waals surface area contributed by atoms with E-state index in [9.17, 15) is 9.59 Å². The maximum atomic E-state index is 11.9. The van der Waals surface area contributed by atoms with Gasteiger partial charge in [0.15, 0.2) is 6.10 Å². The molecule has 114 valence electrons. The van der Waals surface area contributed by atoms with Crippen LogP contribution in [0.25, 0.3) is 0 Å². The van der Waals surface area contributed by atoms with Gasteiger partial charge in [-0.05, 0) is 30.9 Å². The van der Waals surface area contributed by atoms with Gasteiger partial charge in [-0.15, -0.1) is 0 Å². The summed E-state index contributed by atoms with van der Waals surface area (Å²) in [4.78, 5) is 22.7. The largest absolute Gasteiger partial charge is 0.496 e. The predicted molar refractivity (Wildman–Crippen MR) is 75.2 cm³/mol. The SMILES string of the molecule is COc1ccccc1CCNC(=O)[C@@H]1CC[C@H](C(=O)O)O1. The van der Waals surface area contributed by atoms with E-state index in [1.54, 1.807) is 7.11 Å². The van der Waals surface area contributed by atoms with Crippen LogP contribution in [0.15, 0.2) is 24.3 Å². The smallest absolute Gasteiger partial charge is 0.332 e. The summed E-state index contributed by atoms with van der Waals surface area (Å²) in [5, 5.41) is 11.6. The van der Waals surface area contributed by atoms with E-state index in [4.69, 9.17) is 14.6 Å². The van der Waals surface area contributed by atoms with Gasteiger partial charge in [-0.25, -0.2) is 4.79 Å². The molecule has 2 N–H and O–H groups in total. The number of benzene rings is 1. The summed E-state index contributed by atoms with van der Waals surface area (Å²) in [6.07, 6.45) is -0.0684. The molecule has 0 aromatic heterocycles. The van der Waals surface area contributed by atoms with E-state index < -0.39 is 18.2 Å². The normalized spacial score (nSPS) is 21.0. The van der Waals surface area contributed by atoms with Gasteiger partial charge < -0.3 is 19.9 Å². The molecule has 0 unspecified atom stereocenters. The monoisotopic (exact) mass is 293 g/mol. The number of methoxy groups -OCH3 is 1. The first-order valence-electron chi connectivity index (χ1n) is 6.89. The fourth-order valence-corrected chi connectivity index (χ4v) is 2.36. The topological polar surface area (TPSA) is 84.9 Å². The summed E-state index contributed by atoms with van der Waals surface area (Å²) in [6, 6.07) is 7.61. The van der Waals surface area contributed by atoms with Crippen molar-refractivity contribution in [3.63, 3.8) is 0 Å². The third-order valence-electron chi connectivity index (χ3n) is 3.47. The van der Waals surface area contributed by atoms with Crippen LogP contribution >= 0.6 is 0 Å². The second kappa shape index (κ2) is 7.08. The zero-order chi connectivity index (χ0) is 15.2. The Morgan fingerprint density at radius 2 is 2.05 bits per heavy atom. The van der Waals surface area contributed by atoms with E-state index in [0.717, 1.165) is 11.3 Å². The molecule has 1 aliphatic heterocycles. The van der Waals surface area contributed by atoms with Crippen LogP contribution < -0.4 is 10.1 Å². The number of hydrogen-bond donors (Lipinski definition) is 2. The lowest BCUT2D eigenvalue weighted by Crippen LogP contribution is -2.36. The molecular weight excluding hydrogens is 274 g/mol. The van der Waals surface area contributed by atoms with Gasteiger partial charge in [0.2, 0.25) is 5.91 Å². The van der Waals surface area contributed by atoms with Crippen LogP contribution in [-0.4, -0.2) is 42.8 Å². The van der Waals surface area contributed by atoms with Crippen LogP contribution in [0.2, 0.25) is 0 Å².